The Balaban J connectivity index is 2.16. The lowest BCUT2D eigenvalue weighted by atomic mass is 9.74. The first-order valence-corrected chi connectivity index (χ1v) is 8.29. The molecule has 0 aliphatic heterocycles. The number of ether oxygens (including phenoxy) is 1. The average Bonchev–Trinajstić information content (AvgIpc) is 2.91. The van der Waals surface area contributed by atoms with Crippen LogP contribution in [0.15, 0.2) is 36.9 Å². The van der Waals surface area contributed by atoms with Gasteiger partial charge in [-0.05, 0) is 41.5 Å². The van der Waals surface area contributed by atoms with E-state index in [0.717, 1.165) is 18.6 Å². The average molecular weight is 336 g/mol. The summed E-state index contributed by atoms with van der Waals surface area (Å²) in [5, 5.41) is 4.96. The van der Waals surface area contributed by atoms with E-state index in [1.165, 1.54) is 6.33 Å². The first kappa shape index (κ1) is 17.8. The van der Waals surface area contributed by atoms with Gasteiger partial charge in [-0.3, -0.25) is 0 Å². The predicted octanol–water partition coefficient (Wildman–Crippen LogP) is 5.36. The van der Waals surface area contributed by atoms with Crippen LogP contribution in [0.4, 0.5) is 0 Å². The quantitative estimate of drug-likeness (QED) is 0.713. The number of benzene rings is 1. The topological polar surface area (TPSA) is 39.9 Å². The molecule has 0 radical (unpaired) electrons. The molecule has 4 nitrogen and oxygen atoms in total. The van der Waals surface area contributed by atoms with Crippen LogP contribution in [0.3, 0.4) is 0 Å². The molecule has 1 aromatic heterocycles. The van der Waals surface area contributed by atoms with Gasteiger partial charge in [0, 0.05) is 11.4 Å². The van der Waals surface area contributed by atoms with Crippen molar-refractivity contribution in [3.05, 3.63) is 41.9 Å². The number of rotatable bonds is 6. The van der Waals surface area contributed by atoms with Gasteiger partial charge in [-0.25, -0.2) is 9.67 Å². The van der Waals surface area contributed by atoms with Crippen LogP contribution >= 0.6 is 11.6 Å². The second kappa shape index (κ2) is 6.91. The van der Waals surface area contributed by atoms with Gasteiger partial charge in [-0.2, -0.15) is 5.10 Å². The van der Waals surface area contributed by atoms with Gasteiger partial charge in [0.15, 0.2) is 6.23 Å². The normalized spacial score (nSPS) is 13.8. The maximum Gasteiger partial charge on any atom is 0.193 e. The fourth-order valence-corrected chi connectivity index (χ4v) is 3.33. The molecule has 0 fully saturated rings. The SMILES string of the molecule is CC(C)(C)CC(C)(C)CC(Oc1ccc(Cl)cc1)n1cncn1. The van der Waals surface area contributed by atoms with Crippen LogP contribution < -0.4 is 4.74 Å². The molecule has 0 saturated carbocycles. The molecule has 1 heterocycles. The predicted molar refractivity (Wildman–Crippen MR) is 93.6 cm³/mol. The summed E-state index contributed by atoms with van der Waals surface area (Å²) in [5.74, 6) is 0.779. The van der Waals surface area contributed by atoms with Crippen molar-refractivity contribution in [2.24, 2.45) is 10.8 Å². The molecule has 0 saturated heterocycles. The Morgan fingerprint density at radius 1 is 1.13 bits per heavy atom. The van der Waals surface area contributed by atoms with E-state index in [0.29, 0.717) is 5.02 Å². The van der Waals surface area contributed by atoms with Gasteiger partial charge >= 0.3 is 0 Å². The van der Waals surface area contributed by atoms with Crippen LogP contribution in [-0.4, -0.2) is 14.8 Å². The van der Waals surface area contributed by atoms with E-state index in [2.05, 4.69) is 44.7 Å². The highest BCUT2D eigenvalue weighted by molar-refractivity contribution is 6.30. The van der Waals surface area contributed by atoms with Crippen LogP contribution in [0.1, 0.15) is 53.7 Å². The van der Waals surface area contributed by atoms with Crippen LogP contribution in [0, 0.1) is 10.8 Å². The van der Waals surface area contributed by atoms with Crippen molar-refractivity contribution in [2.75, 3.05) is 0 Å². The van der Waals surface area contributed by atoms with Crippen molar-refractivity contribution < 1.29 is 4.74 Å². The lowest BCUT2D eigenvalue weighted by Gasteiger charge is -2.35. The summed E-state index contributed by atoms with van der Waals surface area (Å²) in [5.41, 5.74) is 0.373. The Hall–Kier alpha value is -1.55. The maximum atomic E-state index is 6.17. The molecule has 23 heavy (non-hydrogen) atoms. The molecule has 1 atom stereocenters. The van der Waals surface area contributed by atoms with Crippen LogP contribution in [0.25, 0.3) is 0 Å². The van der Waals surface area contributed by atoms with E-state index >= 15 is 0 Å². The zero-order chi connectivity index (χ0) is 17.1. The summed E-state index contributed by atoms with van der Waals surface area (Å²) in [4.78, 5) is 4.05. The Morgan fingerprint density at radius 2 is 1.78 bits per heavy atom. The molecule has 5 heteroatoms. The highest BCUT2D eigenvalue weighted by Gasteiger charge is 2.30. The zero-order valence-electron chi connectivity index (χ0n) is 14.6. The highest BCUT2D eigenvalue weighted by atomic mass is 35.5. The molecule has 0 aliphatic carbocycles. The van der Waals surface area contributed by atoms with Crippen LogP contribution in [0.2, 0.25) is 5.02 Å². The first-order chi connectivity index (χ1) is 10.6. The molecule has 2 rings (SSSR count). The molecule has 0 N–H and O–H groups in total. The minimum absolute atomic E-state index is 0.112. The van der Waals surface area contributed by atoms with E-state index < -0.39 is 0 Å². The first-order valence-electron chi connectivity index (χ1n) is 7.91. The third-order valence-corrected chi connectivity index (χ3v) is 3.81. The Labute approximate surface area is 143 Å². The molecule has 1 aromatic carbocycles. The molecular weight excluding hydrogens is 310 g/mol. The summed E-state index contributed by atoms with van der Waals surface area (Å²) in [6.45, 7) is 11.3. The van der Waals surface area contributed by atoms with E-state index in [1.807, 2.05) is 24.3 Å². The van der Waals surface area contributed by atoms with Gasteiger partial charge in [0.05, 0.1) is 0 Å². The monoisotopic (exact) mass is 335 g/mol. The van der Waals surface area contributed by atoms with Crippen molar-refractivity contribution in [3.8, 4) is 5.75 Å². The third kappa shape index (κ3) is 5.87. The van der Waals surface area contributed by atoms with E-state index in [9.17, 15) is 0 Å². The van der Waals surface area contributed by atoms with Crippen molar-refractivity contribution in [1.29, 1.82) is 0 Å². The third-order valence-electron chi connectivity index (χ3n) is 3.55. The summed E-state index contributed by atoms with van der Waals surface area (Å²) in [6.07, 6.45) is 4.98. The van der Waals surface area contributed by atoms with Crippen molar-refractivity contribution in [2.45, 2.75) is 53.7 Å². The van der Waals surface area contributed by atoms with Gasteiger partial charge in [-0.15, -0.1) is 0 Å². The van der Waals surface area contributed by atoms with Crippen LogP contribution in [-0.2, 0) is 0 Å². The second-order valence-electron chi connectivity index (χ2n) is 8.01. The summed E-state index contributed by atoms with van der Waals surface area (Å²) >= 11 is 5.94. The Morgan fingerprint density at radius 3 is 2.30 bits per heavy atom. The van der Waals surface area contributed by atoms with Crippen molar-refractivity contribution in [3.63, 3.8) is 0 Å². The minimum atomic E-state index is -0.198. The van der Waals surface area contributed by atoms with Gasteiger partial charge in [0.25, 0.3) is 0 Å². The molecule has 0 aliphatic rings. The number of nitrogens with zero attached hydrogens (tertiary/aromatic N) is 3. The van der Waals surface area contributed by atoms with E-state index in [4.69, 9.17) is 16.3 Å². The zero-order valence-corrected chi connectivity index (χ0v) is 15.3. The van der Waals surface area contributed by atoms with Crippen LogP contribution in [0.5, 0.6) is 5.75 Å². The number of hydrogen-bond acceptors (Lipinski definition) is 3. The largest absolute Gasteiger partial charge is 0.469 e. The van der Waals surface area contributed by atoms with Gasteiger partial charge in [-0.1, -0.05) is 46.2 Å². The van der Waals surface area contributed by atoms with Gasteiger partial charge < -0.3 is 4.74 Å². The maximum absolute atomic E-state index is 6.17. The molecule has 2 aromatic rings. The van der Waals surface area contributed by atoms with Crippen molar-refractivity contribution in [1.82, 2.24) is 14.8 Å². The molecule has 0 amide bonds. The molecular formula is C18H26ClN3O. The lowest BCUT2D eigenvalue weighted by Crippen LogP contribution is -2.28. The minimum Gasteiger partial charge on any atom is -0.469 e. The summed E-state index contributed by atoms with van der Waals surface area (Å²) in [7, 11) is 0. The fraction of sp³-hybridized carbons (Fsp3) is 0.556. The Kier molecular flexibility index (Phi) is 5.35. The standard InChI is InChI=1S/C18H26ClN3O/c1-17(2,3)11-18(4,5)10-16(22-13-20-12-21-22)23-15-8-6-14(19)7-9-15/h6-9,12-13,16H,10-11H2,1-5H3. The summed E-state index contributed by atoms with van der Waals surface area (Å²) < 4.78 is 7.94. The number of hydrogen-bond donors (Lipinski definition) is 0. The number of halogens is 1. The summed E-state index contributed by atoms with van der Waals surface area (Å²) in [6, 6.07) is 7.41. The molecule has 126 valence electrons. The fourth-order valence-electron chi connectivity index (χ4n) is 3.21. The second-order valence-corrected chi connectivity index (χ2v) is 8.44. The smallest absolute Gasteiger partial charge is 0.193 e. The van der Waals surface area contributed by atoms with Crippen molar-refractivity contribution >= 4 is 11.6 Å². The molecule has 1 unspecified atom stereocenters. The van der Waals surface area contributed by atoms with E-state index in [1.54, 1.807) is 11.0 Å². The van der Waals surface area contributed by atoms with Gasteiger partial charge in [0.2, 0.25) is 0 Å². The van der Waals surface area contributed by atoms with Gasteiger partial charge in [0.1, 0.15) is 18.4 Å². The van der Waals surface area contributed by atoms with E-state index in [-0.39, 0.29) is 17.1 Å². The molecule has 0 spiro atoms. The number of aromatic nitrogens is 3. The lowest BCUT2D eigenvalue weighted by molar-refractivity contribution is 0.0493. The Bertz CT molecular complexity index is 600. The highest BCUT2D eigenvalue weighted by Crippen LogP contribution is 2.39. The molecule has 0 bridgehead atoms.